The zero-order chi connectivity index (χ0) is 14.8. The summed E-state index contributed by atoms with van der Waals surface area (Å²) in [5.41, 5.74) is 7.67. The van der Waals surface area contributed by atoms with E-state index >= 15 is 0 Å². The Hall–Kier alpha value is -2.53. The van der Waals surface area contributed by atoms with Crippen LogP contribution in [0.15, 0.2) is 48.8 Å². The minimum atomic E-state index is -0.560. The highest BCUT2D eigenvalue weighted by molar-refractivity contribution is 6.34. The molecule has 0 atom stereocenters. The first-order chi connectivity index (χ1) is 10.1. The van der Waals surface area contributed by atoms with E-state index in [1.54, 1.807) is 24.4 Å². The van der Waals surface area contributed by atoms with Gasteiger partial charge in [0.25, 0.3) is 0 Å². The largest absolute Gasteiger partial charge is 0.455 e. The van der Waals surface area contributed by atoms with Crippen LogP contribution in [0.3, 0.4) is 0 Å². The molecule has 6 heteroatoms. The molecule has 0 unspecified atom stereocenters. The Morgan fingerprint density at radius 3 is 2.90 bits per heavy atom. The molecule has 106 valence electrons. The first-order valence-corrected chi connectivity index (χ1v) is 6.66. The van der Waals surface area contributed by atoms with Crippen LogP contribution in [0.1, 0.15) is 16.1 Å². The minimum Gasteiger partial charge on any atom is -0.455 e. The molecule has 1 aromatic carbocycles. The summed E-state index contributed by atoms with van der Waals surface area (Å²) in [5.74, 6) is -0.560. The van der Waals surface area contributed by atoms with E-state index in [0.717, 1.165) is 5.65 Å². The second kappa shape index (κ2) is 5.46. The van der Waals surface area contributed by atoms with Gasteiger partial charge in [-0.15, -0.1) is 0 Å². The van der Waals surface area contributed by atoms with Gasteiger partial charge in [-0.2, -0.15) is 0 Å². The monoisotopic (exact) mass is 301 g/mol. The van der Waals surface area contributed by atoms with Crippen molar-refractivity contribution < 1.29 is 9.53 Å². The summed E-state index contributed by atoms with van der Waals surface area (Å²) < 4.78 is 7.08. The van der Waals surface area contributed by atoms with Crippen LogP contribution in [0.4, 0.5) is 5.69 Å². The number of pyridine rings is 1. The summed E-state index contributed by atoms with van der Waals surface area (Å²) in [7, 11) is 0. The van der Waals surface area contributed by atoms with Crippen LogP contribution in [0.2, 0.25) is 5.02 Å². The number of hydrogen-bond acceptors (Lipinski definition) is 4. The van der Waals surface area contributed by atoms with Crippen molar-refractivity contribution >= 4 is 28.9 Å². The van der Waals surface area contributed by atoms with E-state index in [1.807, 2.05) is 28.8 Å². The normalized spacial score (nSPS) is 10.7. The molecule has 0 aliphatic carbocycles. The van der Waals surface area contributed by atoms with Gasteiger partial charge in [-0.25, -0.2) is 9.78 Å². The molecule has 0 saturated carbocycles. The Balaban J connectivity index is 1.76. The Bertz CT molecular complexity index is 760. The van der Waals surface area contributed by atoms with Gasteiger partial charge in [-0.05, 0) is 24.3 Å². The first-order valence-electron chi connectivity index (χ1n) is 6.29. The van der Waals surface area contributed by atoms with Crippen LogP contribution in [-0.4, -0.2) is 15.4 Å². The zero-order valence-electron chi connectivity index (χ0n) is 11.0. The number of nitrogens with two attached hydrogens (primary N) is 1. The number of halogens is 1. The first kappa shape index (κ1) is 13.5. The lowest BCUT2D eigenvalue weighted by Crippen LogP contribution is -2.09. The van der Waals surface area contributed by atoms with Gasteiger partial charge in [0.05, 0.1) is 10.7 Å². The molecule has 0 spiro atoms. The fraction of sp³-hybridized carbons (Fsp3) is 0.0667. The van der Waals surface area contributed by atoms with Gasteiger partial charge in [-0.1, -0.05) is 23.7 Å². The van der Waals surface area contributed by atoms with E-state index in [1.165, 1.54) is 0 Å². The zero-order valence-corrected chi connectivity index (χ0v) is 11.7. The van der Waals surface area contributed by atoms with Gasteiger partial charge in [0.2, 0.25) is 0 Å². The maximum Gasteiger partial charge on any atom is 0.342 e. The SMILES string of the molecule is Nc1cccc(Cl)c1C(=O)OCc1cn2ccccc2n1. The number of rotatable bonds is 3. The molecule has 5 nitrogen and oxygen atoms in total. The highest BCUT2D eigenvalue weighted by Crippen LogP contribution is 2.23. The molecule has 0 radical (unpaired) electrons. The molecule has 0 aliphatic rings. The van der Waals surface area contributed by atoms with Crippen LogP contribution in [0.5, 0.6) is 0 Å². The van der Waals surface area contributed by atoms with Crippen molar-refractivity contribution in [3.8, 4) is 0 Å². The lowest BCUT2D eigenvalue weighted by molar-refractivity contribution is 0.0470. The number of esters is 1. The van der Waals surface area contributed by atoms with Gasteiger partial charge < -0.3 is 14.9 Å². The molecule has 0 saturated heterocycles. The smallest absolute Gasteiger partial charge is 0.342 e. The molecule has 21 heavy (non-hydrogen) atoms. The van der Waals surface area contributed by atoms with E-state index in [4.69, 9.17) is 22.1 Å². The third-order valence-electron chi connectivity index (χ3n) is 3.01. The molecule has 2 N–H and O–H groups in total. The molecule has 2 heterocycles. The summed E-state index contributed by atoms with van der Waals surface area (Å²) in [6.45, 7) is 0.0607. The number of imidazole rings is 1. The molecule has 0 amide bonds. The quantitative estimate of drug-likeness (QED) is 0.596. The lowest BCUT2D eigenvalue weighted by atomic mass is 10.2. The number of fused-ring (bicyclic) bond motifs is 1. The summed E-state index contributed by atoms with van der Waals surface area (Å²) in [6, 6.07) is 10.5. The third-order valence-corrected chi connectivity index (χ3v) is 3.33. The summed E-state index contributed by atoms with van der Waals surface area (Å²) in [5, 5.41) is 0.273. The van der Waals surface area contributed by atoms with Crippen LogP contribution in [-0.2, 0) is 11.3 Å². The number of carbonyl (C=O) groups excluding carboxylic acids is 1. The molecule has 3 rings (SSSR count). The van der Waals surface area contributed by atoms with Gasteiger partial charge in [-0.3, -0.25) is 0 Å². The number of ether oxygens (including phenoxy) is 1. The topological polar surface area (TPSA) is 69.6 Å². The van der Waals surface area contributed by atoms with Crippen molar-refractivity contribution in [2.75, 3.05) is 5.73 Å². The predicted molar refractivity (Wildman–Crippen MR) is 80.2 cm³/mol. The van der Waals surface area contributed by atoms with E-state index in [0.29, 0.717) is 11.4 Å². The molecule has 0 aliphatic heterocycles. The summed E-state index contributed by atoms with van der Waals surface area (Å²) in [4.78, 5) is 16.4. The van der Waals surface area contributed by atoms with Crippen molar-refractivity contribution in [1.82, 2.24) is 9.38 Å². The Morgan fingerprint density at radius 2 is 2.14 bits per heavy atom. The summed E-state index contributed by atoms with van der Waals surface area (Å²) in [6.07, 6.45) is 3.68. The van der Waals surface area contributed by atoms with Gasteiger partial charge in [0, 0.05) is 18.1 Å². The van der Waals surface area contributed by atoms with Gasteiger partial charge >= 0.3 is 5.97 Å². The third kappa shape index (κ3) is 2.68. The Morgan fingerprint density at radius 1 is 1.29 bits per heavy atom. The lowest BCUT2D eigenvalue weighted by Gasteiger charge is -2.07. The molecular weight excluding hydrogens is 290 g/mol. The van der Waals surface area contributed by atoms with Crippen molar-refractivity contribution in [3.63, 3.8) is 0 Å². The number of nitrogen functional groups attached to an aromatic ring is 1. The minimum absolute atomic E-state index is 0.0607. The maximum absolute atomic E-state index is 12.1. The fourth-order valence-corrected chi connectivity index (χ4v) is 2.28. The number of hydrogen-bond donors (Lipinski definition) is 1. The molecule has 0 fully saturated rings. The molecular formula is C15H12ClN3O2. The molecule has 3 aromatic rings. The average Bonchev–Trinajstić information content (AvgIpc) is 2.87. The second-order valence-electron chi connectivity index (χ2n) is 4.48. The van der Waals surface area contributed by atoms with Crippen molar-refractivity contribution in [2.45, 2.75) is 6.61 Å². The van der Waals surface area contributed by atoms with Gasteiger partial charge in [0.1, 0.15) is 17.8 Å². The number of carbonyl (C=O) groups is 1. The van der Waals surface area contributed by atoms with Crippen LogP contribution < -0.4 is 5.73 Å². The Kier molecular flexibility index (Phi) is 3.50. The van der Waals surface area contributed by atoms with Crippen LogP contribution >= 0.6 is 11.6 Å². The summed E-state index contributed by atoms with van der Waals surface area (Å²) >= 11 is 5.97. The average molecular weight is 302 g/mol. The van der Waals surface area contributed by atoms with Gasteiger partial charge in [0.15, 0.2) is 0 Å². The maximum atomic E-state index is 12.1. The number of anilines is 1. The number of aromatic nitrogens is 2. The van der Waals surface area contributed by atoms with Crippen LogP contribution in [0, 0.1) is 0 Å². The van der Waals surface area contributed by atoms with Crippen molar-refractivity contribution in [3.05, 3.63) is 65.1 Å². The highest BCUT2D eigenvalue weighted by Gasteiger charge is 2.16. The Labute approximate surface area is 125 Å². The van der Waals surface area contributed by atoms with Crippen LogP contribution in [0.25, 0.3) is 5.65 Å². The number of nitrogens with zero attached hydrogens (tertiary/aromatic N) is 2. The van der Waals surface area contributed by atoms with E-state index < -0.39 is 5.97 Å². The second-order valence-corrected chi connectivity index (χ2v) is 4.89. The standard InChI is InChI=1S/C15H12ClN3O2/c16-11-4-3-5-12(17)14(11)15(20)21-9-10-8-19-7-2-1-6-13(19)18-10/h1-8H,9,17H2. The van der Waals surface area contributed by atoms with E-state index in [9.17, 15) is 4.79 Å². The highest BCUT2D eigenvalue weighted by atomic mass is 35.5. The molecule has 2 aromatic heterocycles. The fourth-order valence-electron chi connectivity index (χ4n) is 2.02. The van der Waals surface area contributed by atoms with Crippen molar-refractivity contribution in [1.29, 1.82) is 0 Å². The predicted octanol–water partition coefficient (Wildman–Crippen LogP) is 2.93. The van der Waals surface area contributed by atoms with E-state index in [-0.39, 0.29) is 17.2 Å². The number of benzene rings is 1. The molecule has 0 bridgehead atoms. The van der Waals surface area contributed by atoms with Crippen molar-refractivity contribution in [2.24, 2.45) is 0 Å². The van der Waals surface area contributed by atoms with E-state index in [2.05, 4.69) is 4.98 Å².